The SMILES string of the molecule is CN=C(NCc1ccccc1Cl)NCc1cccnc1N1CCC(C(N)=O)CC1.I. The average molecular weight is 543 g/mol. The monoisotopic (exact) mass is 542 g/mol. The van der Waals surface area contributed by atoms with E-state index < -0.39 is 0 Å². The van der Waals surface area contributed by atoms with Crippen LogP contribution in [0.1, 0.15) is 24.0 Å². The number of hydrogen-bond acceptors (Lipinski definition) is 4. The third-order valence-corrected chi connectivity index (χ3v) is 5.51. The van der Waals surface area contributed by atoms with E-state index in [-0.39, 0.29) is 35.8 Å². The Balaban J connectivity index is 0.00000320. The van der Waals surface area contributed by atoms with E-state index in [9.17, 15) is 4.79 Å². The van der Waals surface area contributed by atoms with E-state index in [0.717, 1.165) is 47.9 Å². The van der Waals surface area contributed by atoms with Gasteiger partial charge in [-0.25, -0.2) is 4.98 Å². The summed E-state index contributed by atoms with van der Waals surface area (Å²) in [4.78, 5) is 22.5. The number of benzene rings is 1. The Morgan fingerprint density at radius 3 is 2.43 bits per heavy atom. The fourth-order valence-corrected chi connectivity index (χ4v) is 3.65. The summed E-state index contributed by atoms with van der Waals surface area (Å²) in [6.07, 6.45) is 3.32. The van der Waals surface area contributed by atoms with Crippen molar-refractivity contribution in [2.75, 3.05) is 25.0 Å². The second kappa shape index (κ2) is 11.9. The maximum atomic E-state index is 11.4. The summed E-state index contributed by atoms with van der Waals surface area (Å²) in [7, 11) is 1.74. The Morgan fingerprint density at radius 1 is 1.17 bits per heavy atom. The fourth-order valence-electron chi connectivity index (χ4n) is 3.45. The van der Waals surface area contributed by atoms with Crippen molar-refractivity contribution in [3.05, 3.63) is 58.7 Å². The summed E-state index contributed by atoms with van der Waals surface area (Å²) in [5.74, 6) is 1.38. The van der Waals surface area contributed by atoms with Gasteiger partial charge in [0.1, 0.15) is 5.82 Å². The van der Waals surface area contributed by atoms with Crippen LogP contribution in [0.5, 0.6) is 0 Å². The summed E-state index contributed by atoms with van der Waals surface area (Å²) in [5, 5.41) is 7.35. The lowest BCUT2D eigenvalue weighted by atomic mass is 9.96. The van der Waals surface area contributed by atoms with E-state index in [2.05, 4.69) is 31.6 Å². The molecule has 0 spiro atoms. The van der Waals surface area contributed by atoms with Crippen LogP contribution >= 0.6 is 35.6 Å². The molecule has 0 atom stereocenters. The molecule has 2 heterocycles. The van der Waals surface area contributed by atoms with Crippen LogP contribution in [0.3, 0.4) is 0 Å². The Labute approximate surface area is 199 Å². The second-order valence-electron chi connectivity index (χ2n) is 7.02. The van der Waals surface area contributed by atoms with Gasteiger partial charge >= 0.3 is 0 Å². The number of pyridine rings is 1. The molecule has 0 aliphatic carbocycles. The molecule has 9 heteroatoms. The van der Waals surface area contributed by atoms with Gasteiger partial charge in [0.25, 0.3) is 0 Å². The summed E-state index contributed by atoms with van der Waals surface area (Å²) in [6.45, 7) is 2.72. The molecule has 1 aromatic carbocycles. The Kier molecular flexibility index (Phi) is 9.64. The van der Waals surface area contributed by atoms with Gasteiger partial charge in [-0.15, -0.1) is 24.0 Å². The number of nitrogens with one attached hydrogen (secondary N) is 2. The quantitative estimate of drug-likeness (QED) is 0.296. The topological polar surface area (TPSA) is 95.6 Å². The number of anilines is 1. The highest BCUT2D eigenvalue weighted by atomic mass is 127. The van der Waals surface area contributed by atoms with Crippen molar-refractivity contribution in [2.45, 2.75) is 25.9 Å². The number of aliphatic imine (C=N–C) groups is 1. The number of amides is 1. The van der Waals surface area contributed by atoms with Crippen molar-refractivity contribution in [2.24, 2.45) is 16.6 Å². The lowest BCUT2D eigenvalue weighted by Crippen LogP contribution is -2.40. The van der Waals surface area contributed by atoms with Crippen LogP contribution in [0.25, 0.3) is 0 Å². The van der Waals surface area contributed by atoms with Gasteiger partial charge in [0, 0.05) is 55.9 Å². The molecule has 0 radical (unpaired) electrons. The third kappa shape index (κ3) is 6.46. The van der Waals surface area contributed by atoms with Crippen LogP contribution in [-0.4, -0.2) is 37.0 Å². The van der Waals surface area contributed by atoms with Crippen molar-refractivity contribution < 1.29 is 4.79 Å². The minimum atomic E-state index is -0.207. The molecule has 4 N–H and O–H groups in total. The molecule has 1 saturated heterocycles. The summed E-state index contributed by atoms with van der Waals surface area (Å²) < 4.78 is 0. The third-order valence-electron chi connectivity index (χ3n) is 5.14. The number of aromatic nitrogens is 1. The lowest BCUT2D eigenvalue weighted by Gasteiger charge is -2.32. The molecule has 1 aromatic heterocycles. The molecule has 7 nitrogen and oxygen atoms in total. The van der Waals surface area contributed by atoms with Gasteiger partial charge in [-0.2, -0.15) is 0 Å². The summed E-state index contributed by atoms with van der Waals surface area (Å²) >= 11 is 6.22. The zero-order valence-electron chi connectivity index (χ0n) is 17.0. The van der Waals surface area contributed by atoms with Crippen LogP contribution in [0.2, 0.25) is 5.02 Å². The number of rotatable bonds is 6. The molecule has 30 heavy (non-hydrogen) atoms. The number of hydrogen-bond donors (Lipinski definition) is 3. The lowest BCUT2D eigenvalue weighted by molar-refractivity contribution is -0.122. The van der Waals surface area contributed by atoms with Crippen LogP contribution in [0, 0.1) is 5.92 Å². The molecular formula is C21H28ClIN6O. The largest absolute Gasteiger partial charge is 0.369 e. The first-order chi connectivity index (χ1) is 14.1. The van der Waals surface area contributed by atoms with Crippen molar-refractivity contribution in [3.8, 4) is 0 Å². The van der Waals surface area contributed by atoms with E-state index >= 15 is 0 Å². The maximum Gasteiger partial charge on any atom is 0.220 e. The van der Waals surface area contributed by atoms with Crippen molar-refractivity contribution in [1.29, 1.82) is 0 Å². The molecular weight excluding hydrogens is 515 g/mol. The normalized spacial score (nSPS) is 14.7. The molecule has 1 aliphatic heterocycles. The van der Waals surface area contributed by atoms with Crippen LogP contribution in [0.15, 0.2) is 47.6 Å². The molecule has 1 amide bonds. The van der Waals surface area contributed by atoms with E-state index in [4.69, 9.17) is 17.3 Å². The van der Waals surface area contributed by atoms with E-state index in [1.807, 2.05) is 30.3 Å². The standard InChI is InChI=1S/C21H27ClN6O.HI/c1-24-21(26-13-16-5-2-3-7-18(16)22)27-14-17-6-4-10-25-20(17)28-11-8-15(9-12-28)19(23)29;/h2-7,10,15H,8-9,11-14H2,1H3,(H2,23,29)(H2,24,26,27);1H. The number of halogens is 2. The van der Waals surface area contributed by atoms with Crippen molar-refractivity contribution in [1.82, 2.24) is 15.6 Å². The van der Waals surface area contributed by atoms with Gasteiger partial charge in [0.05, 0.1) is 0 Å². The van der Waals surface area contributed by atoms with E-state index in [1.165, 1.54) is 0 Å². The number of carbonyl (C=O) groups is 1. The first kappa shape index (κ1) is 24.2. The van der Waals surface area contributed by atoms with Crippen LogP contribution < -0.4 is 21.3 Å². The highest BCUT2D eigenvalue weighted by Gasteiger charge is 2.24. The second-order valence-corrected chi connectivity index (χ2v) is 7.43. The van der Waals surface area contributed by atoms with Crippen LogP contribution in [0.4, 0.5) is 5.82 Å². The molecule has 0 bridgehead atoms. The Hall–Kier alpha value is -2.07. The van der Waals surface area contributed by atoms with Gasteiger partial charge < -0.3 is 21.3 Å². The predicted molar refractivity (Wildman–Crippen MR) is 132 cm³/mol. The Bertz CT molecular complexity index is 870. The molecule has 1 aliphatic rings. The summed E-state index contributed by atoms with van der Waals surface area (Å²) in [6, 6.07) is 11.7. The summed E-state index contributed by atoms with van der Waals surface area (Å²) in [5.41, 5.74) is 7.53. The number of piperidine rings is 1. The highest BCUT2D eigenvalue weighted by molar-refractivity contribution is 14.0. The van der Waals surface area contributed by atoms with Gasteiger partial charge in [-0.3, -0.25) is 9.79 Å². The highest BCUT2D eigenvalue weighted by Crippen LogP contribution is 2.24. The molecule has 3 rings (SSSR count). The fraction of sp³-hybridized carbons (Fsp3) is 0.381. The number of nitrogens with two attached hydrogens (primary N) is 1. The average Bonchev–Trinajstić information content (AvgIpc) is 2.75. The predicted octanol–water partition coefficient (Wildman–Crippen LogP) is 2.92. The van der Waals surface area contributed by atoms with Gasteiger partial charge in [0.15, 0.2) is 5.96 Å². The van der Waals surface area contributed by atoms with Crippen molar-refractivity contribution >= 4 is 53.3 Å². The number of carbonyl (C=O) groups excluding carboxylic acids is 1. The Morgan fingerprint density at radius 2 is 1.80 bits per heavy atom. The number of nitrogens with zero attached hydrogens (tertiary/aromatic N) is 3. The molecule has 0 saturated carbocycles. The minimum absolute atomic E-state index is 0. The molecule has 162 valence electrons. The molecule has 1 fully saturated rings. The number of guanidine groups is 1. The van der Waals surface area contributed by atoms with E-state index in [1.54, 1.807) is 13.2 Å². The van der Waals surface area contributed by atoms with Gasteiger partial charge in [0.2, 0.25) is 5.91 Å². The van der Waals surface area contributed by atoms with E-state index in [0.29, 0.717) is 19.0 Å². The smallest absolute Gasteiger partial charge is 0.220 e. The van der Waals surface area contributed by atoms with Crippen molar-refractivity contribution in [3.63, 3.8) is 0 Å². The first-order valence-electron chi connectivity index (χ1n) is 9.74. The maximum absolute atomic E-state index is 11.4. The van der Waals surface area contributed by atoms with Gasteiger partial charge in [-0.05, 0) is 30.5 Å². The van der Waals surface area contributed by atoms with Crippen LogP contribution in [-0.2, 0) is 17.9 Å². The zero-order valence-corrected chi connectivity index (χ0v) is 20.1. The molecule has 0 unspecified atom stereocenters. The molecule has 2 aromatic rings. The minimum Gasteiger partial charge on any atom is -0.369 e. The van der Waals surface area contributed by atoms with Gasteiger partial charge in [-0.1, -0.05) is 35.9 Å². The zero-order chi connectivity index (χ0) is 20.6. The first-order valence-corrected chi connectivity index (χ1v) is 10.1. The number of primary amides is 1.